The average molecular weight is 295 g/mol. The van der Waals surface area contributed by atoms with Gasteiger partial charge in [0.2, 0.25) is 0 Å². The van der Waals surface area contributed by atoms with Gasteiger partial charge in [-0.15, -0.1) is 0 Å². The molecule has 1 aromatic rings. The summed E-state index contributed by atoms with van der Waals surface area (Å²) >= 11 is 0. The normalized spacial score (nSPS) is 16.9. The number of aliphatic hydroxyl groups is 1. The molecule has 1 atom stereocenters. The van der Waals surface area contributed by atoms with Crippen molar-refractivity contribution in [3.63, 3.8) is 0 Å². The molecule has 1 amide bonds. The van der Waals surface area contributed by atoms with E-state index in [1.807, 2.05) is 0 Å². The van der Waals surface area contributed by atoms with Crippen molar-refractivity contribution in [2.24, 2.45) is 0 Å². The Morgan fingerprint density at radius 3 is 2.29 bits per heavy atom. The number of ether oxygens (including phenoxy) is 1. The second-order valence-corrected chi connectivity index (χ2v) is 4.67. The summed E-state index contributed by atoms with van der Waals surface area (Å²) in [5.74, 6) is -0.0396. The molecule has 1 unspecified atom stereocenters. The zero-order chi connectivity index (χ0) is 15.8. The van der Waals surface area contributed by atoms with Crippen LogP contribution in [-0.4, -0.2) is 53.3 Å². The summed E-state index contributed by atoms with van der Waals surface area (Å²) in [5, 5.41) is 17.1. The number of carboxylic acids is 1. The number of rotatable bonds is 3. The van der Waals surface area contributed by atoms with Crippen molar-refractivity contribution in [3.8, 4) is 5.75 Å². The maximum atomic E-state index is 12.0. The third-order valence-electron chi connectivity index (χ3n) is 3.09. The molecular weight excluding hydrogens is 274 g/mol. The van der Waals surface area contributed by atoms with Gasteiger partial charge in [-0.25, -0.2) is 0 Å². The van der Waals surface area contributed by atoms with E-state index in [2.05, 4.69) is 0 Å². The van der Waals surface area contributed by atoms with Crippen molar-refractivity contribution in [1.82, 2.24) is 4.90 Å². The lowest BCUT2D eigenvalue weighted by molar-refractivity contribution is -0.136. The monoisotopic (exact) mass is 295 g/mol. The highest BCUT2D eigenvalue weighted by molar-refractivity contribution is 5.94. The van der Waals surface area contributed by atoms with E-state index >= 15 is 0 Å². The Morgan fingerprint density at radius 1 is 1.33 bits per heavy atom. The number of amides is 1. The molecule has 0 bridgehead atoms. The van der Waals surface area contributed by atoms with Crippen LogP contribution in [-0.2, 0) is 4.79 Å². The van der Waals surface area contributed by atoms with E-state index in [1.165, 1.54) is 0 Å². The van der Waals surface area contributed by atoms with Crippen molar-refractivity contribution in [1.29, 1.82) is 0 Å². The molecule has 1 fully saturated rings. The number of methoxy groups -OCH3 is 1. The van der Waals surface area contributed by atoms with Gasteiger partial charge in [-0.1, -0.05) is 6.92 Å². The lowest BCUT2D eigenvalue weighted by Crippen LogP contribution is -2.29. The molecule has 0 spiro atoms. The van der Waals surface area contributed by atoms with E-state index in [9.17, 15) is 14.7 Å². The molecule has 1 aliphatic heterocycles. The number of benzene rings is 1. The highest BCUT2D eigenvalue weighted by Crippen LogP contribution is 2.16. The first-order valence-electron chi connectivity index (χ1n) is 6.81. The fraction of sp³-hybridized carbons (Fsp3) is 0.467. The van der Waals surface area contributed by atoms with Gasteiger partial charge in [0.05, 0.1) is 13.2 Å². The Morgan fingerprint density at radius 2 is 1.90 bits per heavy atom. The predicted molar refractivity (Wildman–Crippen MR) is 77.4 cm³/mol. The molecule has 6 heteroatoms. The van der Waals surface area contributed by atoms with Crippen molar-refractivity contribution in [3.05, 3.63) is 29.8 Å². The lowest BCUT2D eigenvalue weighted by Gasteiger charge is -2.15. The van der Waals surface area contributed by atoms with Crippen LogP contribution in [0.15, 0.2) is 24.3 Å². The Labute approximate surface area is 124 Å². The topological polar surface area (TPSA) is 87.1 Å². The Hall–Kier alpha value is -2.08. The fourth-order valence-electron chi connectivity index (χ4n) is 1.84. The Bertz CT molecular complexity index is 471. The van der Waals surface area contributed by atoms with Gasteiger partial charge in [0.25, 0.3) is 5.91 Å². The summed E-state index contributed by atoms with van der Waals surface area (Å²) in [7, 11) is 1.59. The molecule has 0 radical (unpaired) electrons. The SMILES string of the molecule is CCC(=O)O.COc1ccc(C(=O)N2CCC(O)C2)cc1. The van der Waals surface area contributed by atoms with Gasteiger partial charge in [0.15, 0.2) is 0 Å². The smallest absolute Gasteiger partial charge is 0.303 e. The van der Waals surface area contributed by atoms with Crippen LogP contribution in [0, 0.1) is 0 Å². The van der Waals surface area contributed by atoms with Gasteiger partial charge in [-0.05, 0) is 30.7 Å². The minimum Gasteiger partial charge on any atom is -0.497 e. The van der Waals surface area contributed by atoms with Gasteiger partial charge in [-0.3, -0.25) is 9.59 Å². The summed E-state index contributed by atoms with van der Waals surface area (Å²) in [6.45, 7) is 2.67. The number of hydrogen-bond donors (Lipinski definition) is 2. The van der Waals surface area contributed by atoms with Crippen molar-refractivity contribution in [2.45, 2.75) is 25.9 Å². The van der Waals surface area contributed by atoms with Gasteiger partial charge < -0.3 is 19.8 Å². The summed E-state index contributed by atoms with van der Waals surface area (Å²) in [4.78, 5) is 23.0. The van der Waals surface area contributed by atoms with Gasteiger partial charge in [0, 0.05) is 25.1 Å². The zero-order valence-corrected chi connectivity index (χ0v) is 12.3. The second kappa shape index (κ2) is 8.26. The van der Waals surface area contributed by atoms with Crippen molar-refractivity contribution >= 4 is 11.9 Å². The highest BCUT2D eigenvalue weighted by Gasteiger charge is 2.25. The number of aliphatic carboxylic acids is 1. The first-order chi connectivity index (χ1) is 9.97. The summed E-state index contributed by atoms with van der Waals surface area (Å²) in [6, 6.07) is 7.01. The Balaban J connectivity index is 0.000000383. The maximum Gasteiger partial charge on any atom is 0.303 e. The van der Waals surface area contributed by atoms with E-state index in [4.69, 9.17) is 9.84 Å². The molecular formula is C15H21NO5. The van der Waals surface area contributed by atoms with E-state index in [0.717, 1.165) is 5.75 Å². The molecule has 2 rings (SSSR count). The molecule has 1 aliphatic rings. The quantitative estimate of drug-likeness (QED) is 0.879. The first-order valence-corrected chi connectivity index (χ1v) is 6.81. The minimum absolute atomic E-state index is 0.0285. The molecule has 2 N–H and O–H groups in total. The molecule has 0 aromatic heterocycles. The number of carbonyl (C=O) groups excluding carboxylic acids is 1. The van der Waals surface area contributed by atoms with Crippen LogP contribution in [0.5, 0.6) is 5.75 Å². The fourth-order valence-corrected chi connectivity index (χ4v) is 1.84. The highest BCUT2D eigenvalue weighted by atomic mass is 16.5. The van der Waals surface area contributed by atoms with Gasteiger partial charge >= 0.3 is 5.97 Å². The van der Waals surface area contributed by atoms with Crippen LogP contribution < -0.4 is 4.74 Å². The summed E-state index contributed by atoms with van der Waals surface area (Å²) in [5.41, 5.74) is 0.634. The number of nitrogens with zero attached hydrogens (tertiary/aromatic N) is 1. The number of carbonyl (C=O) groups is 2. The van der Waals surface area contributed by atoms with E-state index in [1.54, 1.807) is 43.2 Å². The molecule has 1 heterocycles. The van der Waals surface area contributed by atoms with Crippen LogP contribution >= 0.6 is 0 Å². The Kier molecular flexibility index (Phi) is 6.68. The number of aliphatic hydroxyl groups excluding tert-OH is 1. The molecule has 1 saturated heterocycles. The van der Waals surface area contributed by atoms with Crippen LogP contribution in [0.25, 0.3) is 0 Å². The number of β-amino-alcohol motifs (C(OH)–C–C–N with tert-alkyl or cyclic N) is 1. The van der Waals surface area contributed by atoms with Crippen LogP contribution in [0.2, 0.25) is 0 Å². The zero-order valence-electron chi connectivity index (χ0n) is 12.3. The standard InChI is InChI=1S/C12H15NO3.C3H6O2/c1-16-11-4-2-9(3-5-11)12(15)13-7-6-10(14)8-13;1-2-3(4)5/h2-5,10,14H,6-8H2,1H3;2H2,1H3,(H,4,5). The van der Waals surface area contributed by atoms with E-state index in [-0.39, 0.29) is 18.4 Å². The molecule has 1 aromatic carbocycles. The van der Waals surface area contributed by atoms with Gasteiger partial charge in [0.1, 0.15) is 5.75 Å². The maximum absolute atomic E-state index is 12.0. The van der Waals surface area contributed by atoms with E-state index < -0.39 is 5.97 Å². The third-order valence-corrected chi connectivity index (χ3v) is 3.09. The van der Waals surface area contributed by atoms with Crippen LogP contribution in [0.3, 0.4) is 0 Å². The molecule has 116 valence electrons. The summed E-state index contributed by atoms with van der Waals surface area (Å²) < 4.78 is 5.03. The van der Waals surface area contributed by atoms with Crippen molar-refractivity contribution in [2.75, 3.05) is 20.2 Å². The lowest BCUT2D eigenvalue weighted by atomic mass is 10.2. The van der Waals surface area contributed by atoms with Crippen LogP contribution in [0.4, 0.5) is 0 Å². The summed E-state index contributed by atoms with van der Waals surface area (Å²) in [6.07, 6.45) is 0.518. The predicted octanol–water partition coefficient (Wildman–Crippen LogP) is 1.38. The number of hydrogen-bond acceptors (Lipinski definition) is 4. The molecule has 0 saturated carbocycles. The number of carboxylic acid groups (broad SMARTS) is 1. The largest absolute Gasteiger partial charge is 0.497 e. The molecule has 0 aliphatic carbocycles. The first kappa shape index (κ1) is 17.0. The van der Waals surface area contributed by atoms with Crippen LogP contribution in [0.1, 0.15) is 30.1 Å². The van der Waals surface area contributed by atoms with E-state index in [0.29, 0.717) is 25.1 Å². The molecule has 21 heavy (non-hydrogen) atoms. The van der Waals surface area contributed by atoms with Crippen molar-refractivity contribution < 1.29 is 24.5 Å². The second-order valence-electron chi connectivity index (χ2n) is 4.67. The minimum atomic E-state index is -0.745. The number of likely N-dealkylation sites (tertiary alicyclic amines) is 1. The molecule has 6 nitrogen and oxygen atoms in total. The van der Waals surface area contributed by atoms with Gasteiger partial charge in [-0.2, -0.15) is 0 Å². The average Bonchev–Trinajstić information content (AvgIpc) is 2.93. The third kappa shape index (κ3) is 5.43.